The number of halogens is 3. The van der Waals surface area contributed by atoms with Crippen LogP contribution in [0, 0.1) is 0 Å². The molecule has 0 fully saturated rings. The Morgan fingerprint density at radius 3 is 2.42 bits per heavy atom. The summed E-state index contributed by atoms with van der Waals surface area (Å²) in [6.45, 7) is 0. The minimum atomic E-state index is -4.71. The first-order chi connectivity index (χ1) is 8.84. The van der Waals surface area contributed by atoms with Gasteiger partial charge in [0.15, 0.2) is 16.8 Å². The van der Waals surface area contributed by atoms with Gasteiger partial charge in [-0.2, -0.15) is 13.2 Å². The van der Waals surface area contributed by atoms with Crippen LogP contribution < -0.4 is 0 Å². The third-order valence-electron chi connectivity index (χ3n) is 1.94. The quantitative estimate of drug-likeness (QED) is 0.393. The second-order valence-corrected chi connectivity index (χ2v) is 4.99. The van der Waals surface area contributed by atoms with Crippen LogP contribution in [0.25, 0.3) is 0 Å². The summed E-state index contributed by atoms with van der Waals surface area (Å²) < 4.78 is 57.0. The number of rotatable bonds is 5. The van der Waals surface area contributed by atoms with Crippen LogP contribution in [-0.2, 0) is 15.9 Å². The predicted octanol–water partition coefficient (Wildman–Crippen LogP) is 2.87. The van der Waals surface area contributed by atoms with Crippen LogP contribution in [0.4, 0.5) is 13.2 Å². The van der Waals surface area contributed by atoms with Gasteiger partial charge >= 0.3 is 6.18 Å². The van der Waals surface area contributed by atoms with Crippen LogP contribution in [0.5, 0.6) is 0 Å². The molecule has 1 rings (SSSR count). The molecule has 0 aromatic heterocycles. The average Bonchev–Trinajstić information content (AvgIpc) is 2.33. The lowest BCUT2D eigenvalue weighted by Gasteiger charge is -2.10. The molecule has 0 saturated heterocycles. The molecule has 0 amide bonds. The third kappa shape index (κ3) is 5.21. The van der Waals surface area contributed by atoms with Gasteiger partial charge in [-0.1, -0.05) is 17.3 Å². The molecule has 106 valence electrons. The summed E-state index contributed by atoms with van der Waals surface area (Å²) in [6.07, 6.45) is -2.91. The standard InChI is InChI=1S/C10H10F3NO3S2/c1-18-8-4-2-7(3-5-8)9(10(11,12)13)14-17-6-19(15)16/h2-5H,6H2,1H3,(H,15,16). The number of alkyl halides is 3. The van der Waals surface area contributed by atoms with Crippen molar-refractivity contribution in [2.45, 2.75) is 11.1 Å². The maximum absolute atomic E-state index is 12.8. The molecule has 0 bridgehead atoms. The summed E-state index contributed by atoms with van der Waals surface area (Å²) in [5.74, 6) is -0.817. The highest BCUT2D eigenvalue weighted by molar-refractivity contribution is 7.98. The number of benzene rings is 1. The van der Waals surface area contributed by atoms with Crippen LogP contribution >= 0.6 is 11.8 Å². The zero-order chi connectivity index (χ0) is 14.5. The Kier molecular flexibility index (Phi) is 5.83. The lowest BCUT2D eigenvalue weighted by Crippen LogP contribution is -2.24. The molecule has 1 aromatic rings. The fourth-order valence-corrected chi connectivity index (χ4v) is 1.70. The van der Waals surface area contributed by atoms with E-state index in [4.69, 9.17) is 4.55 Å². The van der Waals surface area contributed by atoms with Crippen molar-refractivity contribution in [3.8, 4) is 0 Å². The van der Waals surface area contributed by atoms with E-state index >= 15 is 0 Å². The molecule has 0 aliphatic carbocycles. The predicted molar refractivity (Wildman–Crippen MR) is 67.5 cm³/mol. The Hall–Kier alpha value is -1.06. The van der Waals surface area contributed by atoms with Crippen molar-refractivity contribution < 1.29 is 26.8 Å². The molecule has 1 unspecified atom stereocenters. The number of oxime groups is 1. The molecule has 0 saturated carbocycles. The van der Waals surface area contributed by atoms with E-state index in [0.29, 0.717) is 0 Å². The molecule has 19 heavy (non-hydrogen) atoms. The zero-order valence-electron chi connectivity index (χ0n) is 9.68. The molecule has 4 nitrogen and oxygen atoms in total. The lowest BCUT2D eigenvalue weighted by atomic mass is 10.1. The Balaban J connectivity index is 2.99. The van der Waals surface area contributed by atoms with E-state index in [0.717, 1.165) is 4.90 Å². The highest BCUT2D eigenvalue weighted by Gasteiger charge is 2.37. The zero-order valence-corrected chi connectivity index (χ0v) is 11.3. The van der Waals surface area contributed by atoms with Crippen molar-refractivity contribution in [3.63, 3.8) is 0 Å². The summed E-state index contributed by atoms with van der Waals surface area (Å²) >= 11 is -0.977. The topological polar surface area (TPSA) is 58.9 Å². The summed E-state index contributed by atoms with van der Waals surface area (Å²) in [7, 11) is 0. The van der Waals surface area contributed by atoms with E-state index in [-0.39, 0.29) is 5.56 Å². The number of nitrogens with zero attached hydrogens (tertiary/aromatic N) is 1. The largest absolute Gasteiger partial charge is 0.437 e. The first-order valence-corrected chi connectivity index (χ1v) is 7.33. The normalized spacial score (nSPS) is 14.3. The second-order valence-electron chi connectivity index (χ2n) is 3.23. The minimum absolute atomic E-state index is 0.172. The Morgan fingerprint density at radius 2 is 2.00 bits per heavy atom. The highest BCUT2D eigenvalue weighted by atomic mass is 32.2. The van der Waals surface area contributed by atoms with E-state index in [1.807, 2.05) is 0 Å². The average molecular weight is 313 g/mol. The van der Waals surface area contributed by atoms with Gasteiger partial charge in [-0.25, -0.2) is 4.21 Å². The molecule has 0 aliphatic heterocycles. The molecule has 1 N–H and O–H groups in total. The Labute approximate surface area is 114 Å². The van der Waals surface area contributed by atoms with Crippen LogP contribution in [-0.4, -0.2) is 32.8 Å². The van der Waals surface area contributed by atoms with Crippen molar-refractivity contribution in [2.24, 2.45) is 5.16 Å². The molecule has 1 atom stereocenters. The molecular formula is C10H10F3NO3S2. The van der Waals surface area contributed by atoms with E-state index in [1.54, 1.807) is 6.26 Å². The third-order valence-corrected chi connectivity index (χ3v) is 2.99. The van der Waals surface area contributed by atoms with Crippen molar-refractivity contribution in [1.82, 2.24) is 0 Å². The number of thioether (sulfide) groups is 1. The monoisotopic (exact) mass is 313 g/mol. The van der Waals surface area contributed by atoms with Gasteiger partial charge in [-0.15, -0.1) is 11.8 Å². The number of hydrogen-bond donors (Lipinski definition) is 1. The number of hydrogen-bond acceptors (Lipinski definition) is 4. The summed E-state index contributed by atoms with van der Waals surface area (Å²) in [4.78, 5) is 5.02. The van der Waals surface area contributed by atoms with E-state index in [9.17, 15) is 17.4 Å². The highest BCUT2D eigenvalue weighted by Crippen LogP contribution is 2.24. The minimum Gasteiger partial charge on any atom is -0.379 e. The van der Waals surface area contributed by atoms with Crippen molar-refractivity contribution in [1.29, 1.82) is 0 Å². The molecule has 0 heterocycles. The SMILES string of the molecule is CSc1ccc(C(=NOCS(=O)O)C(F)(F)F)cc1. The maximum atomic E-state index is 12.8. The summed E-state index contributed by atoms with van der Waals surface area (Å²) in [6, 6.07) is 5.56. The van der Waals surface area contributed by atoms with Gasteiger partial charge < -0.3 is 9.39 Å². The molecule has 0 aliphatic rings. The molecule has 0 spiro atoms. The van der Waals surface area contributed by atoms with E-state index in [1.165, 1.54) is 36.0 Å². The van der Waals surface area contributed by atoms with Gasteiger partial charge in [-0.3, -0.25) is 0 Å². The van der Waals surface area contributed by atoms with Gasteiger partial charge in [0, 0.05) is 10.5 Å². The van der Waals surface area contributed by atoms with Gasteiger partial charge in [0.25, 0.3) is 0 Å². The molecular weight excluding hydrogens is 303 g/mol. The van der Waals surface area contributed by atoms with Crippen molar-refractivity contribution in [3.05, 3.63) is 29.8 Å². The van der Waals surface area contributed by atoms with Crippen LogP contribution in [0.2, 0.25) is 0 Å². The lowest BCUT2D eigenvalue weighted by molar-refractivity contribution is -0.0610. The van der Waals surface area contributed by atoms with Gasteiger partial charge in [-0.05, 0) is 18.4 Å². The summed E-state index contributed by atoms with van der Waals surface area (Å²) in [5, 5.41) is 2.89. The Morgan fingerprint density at radius 1 is 1.42 bits per heavy atom. The van der Waals surface area contributed by atoms with Gasteiger partial charge in [0.2, 0.25) is 5.94 Å². The fraction of sp³-hybridized carbons (Fsp3) is 0.300. The van der Waals surface area contributed by atoms with E-state index < -0.39 is 28.9 Å². The van der Waals surface area contributed by atoms with Crippen LogP contribution in [0.15, 0.2) is 34.3 Å². The van der Waals surface area contributed by atoms with Crippen molar-refractivity contribution >= 4 is 28.6 Å². The first kappa shape index (κ1) is 16.0. The molecule has 9 heteroatoms. The summed E-state index contributed by atoms with van der Waals surface area (Å²) in [5.41, 5.74) is -1.42. The van der Waals surface area contributed by atoms with Crippen LogP contribution in [0.1, 0.15) is 5.56 Å². The smallest absolute Gasteiger partial charge is 0.379 e. The van der Waals surface area contributed by atoms with Gasteiger partial charge in [0.05, 0.1) is 0 Å². The van der Waals surface area contributed by atoms with Crippen molar-refractivity contribution in [2.75, 3.05) is 12.2 Å². The van der Waals surface area contributed by atoms with E-state index in [2.05, 4.69) is 9.99 Å². The first-order valence-electron chi connectivity index (χ1n) is 4.83. The van der Waals surface area contributed by atoms with Crippen LogP contribution in [0.3, 0.4) is 0 Å². The Bertz CT molecular complexity index is 474. The molecule has 1 aromatic carbocycles. The fourth-order valence-electron chi connectivity index (χ4n) is 1.15. The maximum Gasteiger partial charge on any atom is 0.437 e. The van der Waals surface area contributed by atoms with Gasteiger partial charge in [0.1, 0.15) is 0 Å². The molecule has 0 radical (unpaired) electrons. The second kappa shape index (κ2) is 6.92.